The van der Waals surface area contributed by atoms with Gasteiger partial charge in [-0.25, -0.2) is 0 Å². The Labute approximate surface area is 151 Å². The van der Waals surface area contributed by atoms with Gasteiger partial charge in [0.2, 0.25) is 0 Å². The summed E-state index contributed by atoms with van der Waals surface area (Å²) in [6.07, 6.45) is 11.4. The quantitative estimate of drug-likeness (QED) is 0.494. The molecule has 0 amide bonds. The van der Waals surface area contributed by atoms with Crippen LogP contribution in [0.3, 0.4) is 0 Å². The van der Waals surface area contributed by atoms with Crippen molar-refractivity contribution in [3.8, 4) is 0 Å². The molecular weight excluding hydrogens is 358 g/mol. The predicted molar refractivity (Wildman–Crippen MR) is 86.7 cm³/mol. The van der Waals surface area contributed by atoms with E-state index in [1.165, 1.54) is 0 Å². The van der Waals surface area contributed by atoms with Crippen molar-refractivity contribution in [2.24, 2.45) is 0 Å². The Kier molecular flexibility index (Phi) is 9.03. The van der Waals surface area contributed by atoms with Gasteiger partial charge in [-0.15, -0.1) is 0 Å². The molecule has 0 aliphatic heterocycles. The van der Waals surface area contributed by atoms with E-state index in [2.05, 4.69) is 20.2 Å². The molecule has 3 aromatic rings. The van der Waals surface area contributed by atoms with Gasteiger partial charge in [0.1, 0.15) is 0 Å². The molecule has 0 aliphatic rings. The van der Waals surface area contributed by atoms with Crippen LogP contribution in [0.1, 0.15) is 0 Å². The number of nitrogens with zero attached hydrogens (tertiary/aromatic N) is 7. The van der Waals surface area contributed by atoms with Crippen molar-refractivity contribution in [3.05, 3.63) is 55.4 Å². The second-order valence-electron chi connectivity index (χ2n) is 5.15. The zero-order valence-corrected chi connectivity index (χ0v) is 14.3. The molecule has 8 nitrogen and oxygen atoms in total. The molecular formula is C15H23CuN7O+2. The number of aromatic nitrogens is 6. The van der Waals surface area contributed by atoms with Gasteiger partial charge in [0.15, 0.2) is 0 Å². The van der Waals surface area contributed by atoms with E-state index >= 15 is 0 Å². The molecule has 0 atom stereocenters. The summed E-state index contributed by atoms with van der Waals surface area (Å²) in [5.41, 5.74) is 0. The molecule has 0 bridgehead atoms. The maximum atomic E-state index is 4.26. The molecule has 3 aromatic heterocycles. The fourth-order valence-electron chi connectivity index (χ4n) is 2.37. The maximum Gasteiger partial charge on any atom is 2.00 e. The molecule has 0 fully saturated rings. The number of hydrogen-bond donors (Lipinski definition) is 0. The van der Waals surface area contributed by atoms with Gasteiger partial charge >= 0.3 is 17.1 Å². The van der Waals surface area contributed by atoms with Crippen LogP contribution in [0.5, 0.6) is 0 Å². The molecule has 0 aromatic carbocycles. The summed E-state index contributed by atoms with van der Waals surface area (Å²) in [5.74, 6) is 0. The third-order valence-electron chi connectivity index (χ3n) is 3.61. The van der Waals surface area contributed by atoms with Crippen molar-refractivity contribution >= 4 is 0 Å². The molecule has 3 rings (SSSR count). The van der Waals surface area contributed by atoms with E-state index in [0.29, 0.717) is 0 Å². The van der Waals surface area contributed by atoms with Crippen molar-refractivity contribution in [1.29, 1.82) is 0 Å². The molecule has 0 unspecified atom stereocenters. The molecule has 0 saturated heterocycles. The SMILES string of the molecule is O.[Cu+2].c1cnn(CCN(CCn2cccn2)CCn2cccn2)c1. The summed E-state index contributed by atoms with van der Waals surface area (Å²) in [7, 11) is 0. The normalized spacial score (nSPS) is 10.4. The summed E-state index contributed by atoms with van der Waals surface area (Å²) in [6.45, 7) is 5.57. The topological polar surface area (TPSA) is 88.2 Å². The Bertz CT molecular complexity index is 534. The maximum absolute atomic E-state index is 4.26. The van der Waals surface area contributed by atoms with Crippen molar-refractivity contribution in [3.63, 3.8) is 0 Å². The first-order valence-corrected chi connectivity index (χ1v) is 7.55. The Morgan fingerprint density at radius 1 is 0.625 bits per heavy atom. The van der Waals surface area contributed by atoms with Gasteiger partial charge in [-0.3, -0.25) is 18.9 Å². The molecule has 133 valence electrons. The Morgan fingerprint density at radius 3 is 1.21 bits per heavy atom. The second kappa shape index (κ2) is 10.8. The van der Waals surface area contributed by atoms with E-state index in [4.69, 9.17) is 0 Å². The first-order valence-electron chi connectivity index (χ1n) is 7.55. The van der Waals surface area contributed by atoms with Gasteiger partial charge in [0, 0.05) is 56.8 Å². The molecule has 24 heavy (non-hydrogen) atoms. The summed E-state index contributed by atoms with van der Waals surface area (Å²) in [5, 5.41) is 12.8. The third-order valence-corrected chi connectivity index (χ3v) is 3.61. The van der Waals surface area contributed by atoms with E-state index in [1.807, 2.05) is 69.4 Å². The van der Waals surface area contributed by atoms with Gasteiger partial charge < -0.3 is 5.48 Å². The third kappa shape index (κ3) is 6.29. The Morgan fingerprint density at radius 2 is 0.958 bits per heavy atom. The summed E-state index contributed by atoms with van der Waals surface area (Å²) in [4.78, 5) is 2.42. The average molecular weight is 381 g/mol. The average Bonchev–Trinajstić information content (AvgIpc) is 3.29. The predicted octanol–water partition coefficient (Wildman–Crippen LogP) is 0.151. The smallest absolute Gasteiger partial charge is 0.412 e. The number of hydrogen-bond acceptors (Lipinski definition) is 4. The molecule has 1 radical (unpaired) electrons. The minimum Gasteiger partial charge on any atom is -0.412 e. The minimum absolute atomic E-state index is 0. The zero-order chi connectivity index (χ0) is 15.0. The Balaban J connectivity index is 0.00000144. The molecule has 0 saturated carbocycles. The summed E-state index contributed by atoms with van der Waals surface area (Å²) < 4.78 is 5.90. The molecule has 0 aliphatic carbocycles. The minimum atomic E-state index is 0. The molecule has 2 N–H and O–H groups in total. The van der Waals surface area contributed by atoms with E-state index in [0.717, 1.165) is 39.3 Å². The van der Waals surface area contributed by atoms with Gasteiger partial charge in [-0.1, -0.05) is 0 Å². The van der Waals surface area contributed by atoms with E-state index in [9.17, 15) is 0 Å². The second-order valence-corrected chi connectivity index (χ2v) is 5.15. The van der Waals surface area contributed by atoms with Crippen LogP contribution in [0.25, 0.3) is 0 Å². The van der Waals surface area contributed by atoms with Crippen LogP contribution >= 0.6 is 0 Å². The fourth-order valence-corrected chi connectivity index (χ4v) is 2.37. The first kappa shape index (κ1) is 20.1. The van der Waals surface area contributed by atoms with Crippen LogP contribution in [0.15, 0.2) is 55.4 Å². The summed E-state index contributed by atoms with van der Waals surface area (Å²) in [6, 6.07) is 5.87. The largest absolute Gasteiger partial charge is 2.00 e. The van der Waals surface area contributed by atoms with Crippen LogP contribution < -0.4 is 0 Å². The van der Waals surface area contributed by atoms with Crippen LogP contribution in [0.4, 0.5) is 0 Å². The Hall–Kier alpha value is -1.93. The zero-order valence-electron chi connectivity index (χ0n) is 13.4. The van der Waals surface area contributed by atoms with Crippen molar-refractivity contribution < 1.29 is 22.5 Å². The fraction of sp³-hybridized carbons (Fsp3) is 0.400. The first-order chi connectivity index (χ1) is 10.9. The standard InChI is InChI=1S/C15H21N7.Cu.H2O/c1-4-16-20(7-1)13-10-19(11-14-21-8-2-5-17-21)12-15-22-9-3-6-18-22;;/h1-9H,10-15H2;;1H2/q;+2;. The van der Waals surface area contributed by atoms with Crippen LogP contribution in [0.2, 0.25) is 0 Å². The summed E-state index contributed by atoms with van der Waals surface area (Å²) >= 11 is 0. The van der Waals surface area contributed by atoms with Gasteiger partial charge in [-0.2, -0.15) is 15.3 Å². The van der Waals surface area contributed by atoms with Crippen molar-refractivity contribution in [2.45, 2.75) is 19.6 Å². The van der Waals surface area contributed by atoms with Crippen LogP contribution in [-0.4, -0.2) is 59.4 Å². The molecule has 9 heteroatoms. The van der Waals surface area contributed by atoms with Crippen LogP contribution in [-0.2, 0) is 36.7 Å². The molecule has 0 spiro atoms. The number of rotatable bonds is 9. The van der Waals surface area contributed by atoms with Gasteiger partial charge in [0.25, 0.3) is 0 Å². The van der Waals surface area contributed by atoms with E-state index in [1.54, 1.807) is 0 Å². The van der Waals surface area contributed by atoms with Crippen molar-refractivity contribution in [1.82, 2.24) is 34.2 Å². The monoisotopic (exact) mass is 380 g/mol. The van der Waals surface area contributed by atoms with Crippen LogP contribution in [0, 0.1) is 0 Å². The van der Waals surface area contributed by atoms with Gasteiger partial charge in [-0.05, 0) is 18.2 Å². The van der Waals surface area contributed by atoms with E-state index in [-0.39, 0.29) is 22.5 Å². The van der Waals surface area contributed by atoms with E-state index < -0.39 is 0 Å². The van der Waals surface area contributed by atoms with Gasteiger partial charge in [0.05, 0.1) is 19.6 Å². The molecule has 3 heterocycles. The van der Waals surface area contributed by atoms with Crippen molar-refractivity contribution in [2.75, 3.05) is 19.6 Å².